The van der Waals surface area contributed by atoms with Crippen molar-refractivity contribution in [2.24, 2.45) is 34.5 Å². The summed E-state index contributed by atoms with van der Waals surface area (Å²) in [6.07, 6.45) is 14.1. The van der Waals surface area contributed by atoms with Gasteiger partial charge in [-0.25, -0.2) is 0 Å². The van der Waals surface area contributed by atoms with Crippen LogP contribution in [0.2, 0.25) is 0 Å². The monoisotopic (exact) mass is 327 g/mol. The Morgan fingerprint density at radius 2 is 1.83 bits per heavy atom. The molecule has 0 aromatic heterocycles. The van der Waals surface area contributed by atoms with Crippen LogP contribution in [0.25, 0.3) is 0 Å². The molecule has 0 saturated heterocycles. The fraction of sp³-hybridized carbons (Fsp3) is 0.773. The van der Waals surface area contributed by atoms with Gasteiger partial charge in [0.1, 0.15) is 0 Å². The maximum atomic E-state index is 11.6. The van der Waals surface area contributed by atoms with Crippen molar-refractivity contribution in [3.8, 4) is 0 Å². The third-order valence-electron chi connectivity index (χ3n) is 8.24. The quantitative estimate of drug-likeness (QED) is 0.658. The molecule has 132 valence electrons. The van der Waals surface area contributed by atoms with Crippen molar-refractivity contribution in [3.05, 3.63) is 23.4 Å². The van der Waals surface area contributed by atoms with Crippen LogP contribution in [0.3, 0.4) is 0 Å². The van der Waals surface area contributed by atoms with E-state index in [2.05, 4.69) is 38.2 Å². The van der Waals surface area contributed by atoms with Crippen molar-refractivity contribution in [3.63, 3.8) is 0 Å². The SMILES string of the molecule is CC(=O)NC1=CCC2C3CC=C4C[C@@H](C)CC[C@]4(C)C3CC[C@]12C. The molecule has 0 radical (unpaired) electrons. The highest BCUT2D eigenvalue weighted by atomic mass is 16.1. The standard InChI is InChI=1S/C22H33NO/c1-14-9-11-21(3)16(13-14)5-6-17-18-7-8-20(23-15(2)24)22(18,4)12-10-19(17)21/h5,8,14,17-19H,6-7,9-13H2,1-4H3,(H,23,24)/t14-,17?,18?,19?,21-,22-/m0/s1. The van der Waals surface area contributed by atoms with Crippen molar-refractivity contribution in [2.45, 2.75) is 72.6 Å². The minimum atomic E-state index is 0.0873. The summed E-state index contributed by atoms with van der Waals surface area (Å²) in [6, 6.07) is 0. The smallest absolute Gasteiger partial charge is 0.221 e. The van der Waals surface area contributed by atoms with E-state index in [-0.39, 0.29) is 11.3 Å². The van der Waals surface area contributed by atoms with Gasteiger partial charge in [-0.1, -0.05) is 38.5 Å². The Hall–Kier alpha value is -1.05. The fourth-order valence-corrected chi connectivity index (χ4v) is 6.79. The second-order valence-electron chi connectivity index (χ2n) is 9.60. The number of hydrogen-bond donors (Lipinski definition) is 1. The summed E-state index contributed by atoms with van der Waals surface area (Å²) in [4.78, 5) is 11.6. The van der Waals surface area contributed by atoms with Crippen molar-refractivity contribution in [1.82, 2.24) is 5.32 Å². The highest BCUT2D eigenvalue weighted by molar-refractivity contribution is 5.75. The van der Waals surface area contributed by atoms with Crippen molar-refractivity contribution in [1.29, 1.82) is 0 Å². The summed E-state index contributed by atoms with van der Waals surface area (Å²) in [5.41, 5.74) is 3.64. The Labute approximate surface area is 147 Å². The molecule has 1 amide bonds. The minimum Gasteiger partial charge on any atom is -0.330 e. The molecule has 4 rings (SSSR count). The average molecular weight is 328 g/mol. The van der Waals surface area contributed by atoms with E-state index >= 15 is 0 Å². The highest BCUT2D eigenvalue weighted by Crippen LogP contribution is 2.64. The van der Waals surface area contributed by atoms with Gasteiger partial charge in [0.25, 0.3) is 0 Å². The van der Waals surface area contributed by atoms with Gasteiger partial charge in [-0.15, -0.1) is 0 Å². The van der Waals surface area contributed by atoms with Gasteiger partial charge in [0, 0.05) is 18.0 Å². The predicted octanol–water partition coefficient (Wildman–Crippen LogP) is 5.22. The third-order valence-corrected chi connectivity index (χ3v) is 8.24. The van der Waals surface area contributed by atoms with E-state index in [0.717, 1.165) is 24.2 Å². The number of amides is 1. The van der Waals surface area contributed by atoms with E-state index in [0.29, 0.717) is 11.3 Å². The molecule has 0 aliphatic heterocycles. The van der Waals surface area contributed by atoms with Gasteiger partial charge < -0.3 is 5.32 Å². The molecule has 4 aliphatic carbocycles. The van der Waals surface area contributed by atoms with Crippen LogP contribution in [-0.4, -0.2) is 5.91 Å². The maximum Gasteiger partial charge on any atom is 0.221 e. The highest BCUT2D eigenvalue weighted by Gasteiger charge is 2.56. The molecule has 0 aromatic carbocycles. The minimum absolute atomic E-state index is 0.0873. The molecule has 6 atom stereocenters. The Morgan fingerprint density at radius 3 is 2.58 bits per heavy atom. The Balaban J connectivity index is 1.62. The molecule has 1 N–H and O–H groups in total. The number of carbonyl (C=O) groups excluding carboxylic acids is 1. The van der Waals surface area contributed by atoms with Gasteiger partial charge >= 0.3 is 0 Å². The van der Waals surface area contributed by atoms with Gasteiger partial charge in [-0.2, -0.15) is 0 Å². The first kappa shape index (κ1) is 16.4. The van der Waals surface area contributed by atoms with E-state index in [1.807, 2.05) is 0 Å². The first-order valence-electron chi connectivity index (χ1n) is 10.0. The fourth-order valence-electron chi connectivity index (χ4n) is 6.79. The number of fused-ring (bicyclic) bond motifs is 5. The molecule has 0 heterocycles. The maximum absolute atomic E-state index is 11.6. The van der Waals surface area contributed by atoms with E-state index in [4.69, 9.17) is 0 Å². The zero-order valence-electron chi connectivity index (χ0n) is 15.8. The van der Waals surface area contributed by atoms with Crippen molar-refractivity contribution >= 4 is 5.91 Å². The van der Waals surface area contributed by atoms with E-state index < -0.39 is 0 Å². The lowest BCUT2D eigenvalue weighted by molar-refractivity contribution is -0.118. The second-order valence-corrected chi connectivity index (χ2v) is 9.60. The zero-order chi connectivity index (χ0) is 17.1. The van der Waals surface area contributed by atoms with Gasteiger partial charge in [-0.3, -0.25) is 4.79 Å². The number of allylic oxidation sites excluding steroid dienone is 4. The van der Waals surface area contributed by atoms with Gasteiger partial charge in [0.15, 0.2) is 0 Å². The first-order chi connectivity index (χ1) is 11.3. The molecule has 0 bridgehead atoms. The molecule has 2 fully saturated rings. The van der Waals surface area contributed by atoms with Crippen LogP contribution < -0.4 is 5.32 Å². The van der Waals surface area contributed by atoms with Crippen molar-refractivity contribution < 1.29 is 4.79 Å². The lowest BCUT2D eigenvalue weighted by Crippen LogP contribution is -2.50. The lowest BCUT2D eigenvalue weighted by Gasteiger charge is -2.57. The van der Waals surface area contributed by atoms with Crippen LogP contribution >= 0.6 is 0 Å². The summed E-state index contributed by atoms with van der Waals surface area (Å²) in [7, 11) is 0. The molecule has 3 unspecified atom stereocenters. The van der Waals surface area contributed by atoms with E-state index in [1.165, 1.54) is 44.2 Å². The Morgan fingerprint density at radius 1 is 1.08 bits per heavy atom. The van der Waals surface area contributed by atoms with Crippen LogP contribution in [0.4, 0.5) is 0 Å². The second kappa shape index (κ2) is 5.47. The molecular formula is C22H33NO. The van der Waals surface area contributed by atoms with Crippen LogP contribution in [0, 0.1) is 34.5 Å². The number of rotatable bonds is 1. The summed E-state index contributed by atoms with van der Waals surface area (Å²) in [5.74, 6) is 3.33. The van der Waals surface area contributed by atoms with Crippen LogP contribution in [0.15, 0.2) is 23.4 Å². The molecule has 2 nitrogen and oxygen atoms in total. The number of nitrogens with one attached hydrogen (secondary N) is 1. The van der Waals surface area contributed by atoms with Crippen LogP contribution in [0.1, 0.15) is 72.6 Å². The first-order valence-corrected chi connectivity index (χ1v) is 10.0. The molecule has 0 spiro atoms. The summed E-state index contributed by atoms with van der Waals surface area (Å²) >= 11 is 0. The summed E-state index contributed by atoms with van der Waals surface area (Å²) in [5, 5.41) is 3.16. The molecule has 2 heteroatoms. The zero-order valence-corrected chi connectivity index (χ0v) is 15.8. The molecule has 0 aromatic rings. The average Bonchev–Trinajstić information content (AvgIpc) is 2.84. The number of carbonyl (C=O) groups is 1. The van der Waals surface area contributed by atoms with E-state index in [9.17, 15) is 4.79 Å². The molecule has 4 aliphatic rings. The van der Waals surface area contributed by atoms with Gasteiger partial charge in [-0.05, 0) is 74.0 Å². The third kappa shape index (κ3) is 2.24. The normalized spacial score (nSPS) is 47.0. The Bertz CT molecular complexity index is 617. The lowest BCUT2D eigenvalue weighted by atomic mass is 9.47. The number of hydrogen-bond acceptors (Lipinski definition) is 1. The largest absolute Gasteiger partial charge is 0.330 e. The molecular weight excluding hydrogens is 294 g/mol. The summed E-state index contributed by atoms with van der Waals surface area (Å²) < 4.78 is 0. The van der Waals surface area contributed by atoms with Gasteiger partial charge in [0.05, 0.1) is 0 Å². The Kier molecular flexibility index (Phi) is 3.75. The molecule has 2 saturated carbocycles. The van der Waals surface area contributed by atoms with Gasteiger partial charge in [0.2, 0.25) is 5.91 Å². The topological polar surface area (TPSA) is 29.1 Å². The van der Waals surface area contributed by atoms with Crippen LogP contribution in [-0.2, 0) is 4.79 Å². The van der Waals surface area contributed by atoms with Crippen LogP contribution in [0.5, 0.6) is 0 Å². The van der Waals surface area contributed by atoms with E-state index in [1.54, 1.807) is 12.5 Å². The van der Waals surface area contributed by atoms with Crippen molar-refractivity contribution in [2.75, 3.05) is 0 Å². The predicted molar refractivity (Wildman–Crippen MR) is 98.1 cm³/mol. The summed E-state index contributed by atoms with van der Waals surface area (Å²) in [6.45, 7) is 9.04. The molecule has 24 heavy (non-hydrogen) atoms.